The number of carbonyl (C=O) groups is 1. The normalized spacial score (nSPS) is 41.9. The molecule has 110 valence electrons. The van der Waals surface area contributed by atoms with Gasteiger partial charge in [0.05, 0.1) is 12.2 Å². The number of ketones is 1. The van der Waals surface area contributed by atoms with Gasteiger partial charge < -0.3 is 15.3 Å². The molecule has 3 unspecified atom stereocenters. The summed E-state index contributed by atoms with van der Waals surface area (Å²) in [5, 5.41) is 30.4. The molecule has 1 aliphatic carbocycles. The molecule has 0 spiro atoms. The fraction of sp³-hybridized carbons (Fsp3) is 0.800. The zero-order valence-electron chi connectivity index (χ0n) is 12.0. The number of hydrogen-bond donors (Lipinski definition) is 3. The average molecular weight is 270 g/mol. The van der Waals surface area contributed by atoms with Crippen LogP contribution in [0.15, 0.2) is 12.2 Å². The Bertz CT molecular complexity index is 339. The number of aliphatic hydroxyl groups excluding tert-OH is 3. The van der Waals surface area contributed by atoms with Gasteiger partial charge >= 0.3 is 0 Å². The molecule has 0 aliphatic heterocycles. The van der Waals surface area contributed by atoms with E-state index in [-0.39, 0.29) is 17.6 Å². The van der Waals surface area contributed by atoms with Crippen molar-refractivity contribution >= 4 is 5.78 Å². The van der Waals surface area contributed by atoms with Crippen molar-refractivity contribution in [1.82, 2.24) is 0 Å². The molecule has 0 aromatic rings. The lowest BCUT2D eigenvalue weighted by atomic mass is 9.77. The van der Waals surface area contributed by atoms with Gasteiger partial charge in [-0.15, -0.1) is 0 Å². The lowest BCUT2D eigenvalue weighted by Crippen LogP contribution is -2.43. The van der Waals surface area contributed by atoms with Crippen LogP contribution in [0.5, 0.6) is 0 Å². The molecule has 0 amide bonds. The Morgan fingerprint density at radius 3 is 2.26 bits per heavy atom. The predicted molar refractivity (Wildman–Crippen MR) is 73.5 cm³/mol. The second-order valence-corrected chi connectivity index (χ2v) is 6.05. The standard InChI is InChI=1S/C15H26O4/c1-8(2)13-12(17)7-10(4)11(16)6-5-9(3)14(18)15(13)19/h9-13,15-17,19H,1,5-7H2,2-4H3/t9-,10+,11?,12?,13-,15?/m0/s1. The SMILES string of the molecule is C=C(C)[C@H]1C(O)C[C@@H](C)C(O)CC[C@H](C)C(=O)C1O. The molecular weight excluding hydrogens is 244 g/mol. The van der Waals surface area contributed by atoms with Crippen molar-refractivity contribution in [3.63, 3.8) is 0 Å². The van der Waals surface area contributed by atoms with E-state index in [0.717, 1.165) is 0 Å². The summed E-state index contributed by atoms with van der Waals surface area (Å²) in [4.78, 5) is 12.1. The maximum absolute atomic E-state index is 12.1. The summed E-state index contributed by atoms with van der Waals surface area (Å²) >= 11 is 0. The van der Waals surface area contributed by atoms with Crippen LogP contribution in [0.25, 0.3) is 0 Å². The number of aliphatic hydroxyl groups is 3. The van der Waals surface area contributed by atoms with E-state index in [1.165, 1.54) is 0 Å². The van der Waals surface area contributed by atoms with Crippen LogP contribution in [0, 0.1) is 17.8 Å². The Labute approximate surface area is 115 Å². The van der Waals surface area contributed by atoms with E-state index in [2.05, 4.69) is 6.58 Å². The molecule has 0 aromatic heterocycles. The second-order valence-electron chi connectivity index (χ2n) is 6.05. The van der Waals surface area contributed by atoms with E-state index < -0.39 is 24.2 Å². The minimum absolute atomic E-state index is 0.0653. The largest absolute Gasteiger partial charge is 0.393 e. The minimum atomic E-state index is -1.20. The van der Waals surface area contributed by atoms with Crippen molar-refractivity contribution in [3.8, 4) is 0 Å². The molecule has 1 saturated carbocycles. The fourth-order valence-corrected chi connectivity index (χ4v) is 2.81. The highest BCUT2D eigenvalue weighted by Gasteiger charge is 2.37. The molecule has 0 saturated heterocycles. The van der Waals surface area contributed by atoms with Crippen molar-refractivity contribution in [2.75, 3.05) is 0 Å². The third-order valence-corrected chi connectivity index (χ3v) is 4.27. The molecule has 19 heavy (non-hydrogen) atoms. The van der Waals surface area contributed by atoms with E-state index in [1.807, 2.05) is 6.92 Å². The van der Waals surface area contributed by atoms with E-state index in [0.29, 0.717) is 24.8 Å². The number of hydrogen-bond acceptors (Lipinski definition) is 4. The molecule has 0 heterocycles. The average Bonchev–Trinajstić information content (AvgIpc) is 2.32. The second kappa shape index (κ2) is 6.64. The molecule has 1 rings (SSSR count). The van der Waals surface area contributed by atoms with E-state index >= 15 is 0 Å². The lowest BCUT2D eigenvalue weighted by Gasteiger charge is -2.33. The predicted octanol–water partition coefficient (Wildman–Crippen LogP) is 1.29. The van der Waals surface area contributed by atoms with Gasteiger partial charge in [0.1, 0.15) is 6.10 Å². The third kappa shape index (κ3) is 3.88. The lowest BCUT2D eigenvalue weighted by molar-refractivity contribution is -0.136. The van der Waals surface area contributed by atoms with Crippen LogP contribution < -0.4 is 0 Å². The van der Waals surface area contributed by atoms with Crippen LogP contribution in [0.4, 0.5) is 0 Å². The third-order valence-electron chi connectivity index (χ3n) is 4.27. The van der Waals surface area contributed by atoms with Crippen LogP contribution in [0.1, 0.15) is 40.0 Å². The molecule has 1 aliphatic rings. The summed E-state index contributed by atoms with van der Waals surface area (Å²) in [6, 6.07) is 0. The molecule has 6 atom stereocenters. The summed E-state index contributed by atoms with van der Waals surface area (Å²) in [5.74, 6) is -1.30. The van der Waals surface area contributed by atoms with Crippen molar-refractivity contribution in [2.24, 2.45) is 17.8 Å². The van der Waals surface area contributed by atoms with Crippen LogP contribution in [0.3, 0.4) is 0 Å². The quantitative estimate of drug-likeness (QED) is 0.627. The van der Waals surface area contributed by atoms with E-state index in [4.69, 9.17) is 0 Å². The molecule has 3 N–H and O–H groups in total. The van der Waals surface area contributed by atoms with Gasteiger partial charge in [0.15, 0.2) is 5.78 Å². The highest BCUT2D eigenvalue weighted by molar-refractivity contribution is 5.85. The first-order chi connectivity index (χ1) is 8.75. The Kier molecular flexibility index (Phi) is 5.71. The van der Waals surface area contributed by atoms with Crippen LogP contribution in [0.2, 0.25) is 0 Å². The van der Waals surface area contributed by atoms with Gasteiger partial charge in [-0.2, -0.15) is 0 Å². The van der Waals surface area contributed by atoms with Gasteiger partial charge in [-0.3, -0.25) is 4.79 Å². The van der Waals surface area contributed by atoms with Crippen molar-refractivity contribution in [2.45, 2.75) is 58.3 Å². The van der Waals surface area contributed by atoms with Gasteiger partial charge in [-0.05, 0) is 32.1 Å². The fourth-order valence-electron chi connectivity index (χ4n) is 2.81. The first kappa shape index (κ1) is 16.3. The molecule has 0 bridgehead atoms. The number of Topliss-reactive ketones (excluding diaryl/α,β-unsaturated/α-hetero) is 1. The van der Waals surface area contributed by atoms with Gasteiger partial charge in [0.2, 0.25) is 0 Å². The maximum atomic E-state index is 12.1. The van der Waals surface area contributed by atoms with Crippen LogP contribution in [-0.4, -0.2) is 39.4 Å². The van der Waals surface area contributed by atoms with Crippen LogP contribution >= 0.6 is 0 Å². The first-order valence-corrected chi connectivity index (χ1v) is 6.99. The first-order valence-electron chi connectivity index (χ1n) is 6.99. The summed E-state index contributed by atoms with van der Waals surface area (Å²) < 4.78 is 0. The summed E-state index contributed by atoms with van der Waals surface area (Å²) in [6.45, 7) is 9.12. The van der Waals surface area contributed by atoms with Crippen molar-refractivity contribution in [1.29, 1.82) is 0 Å². The topological polar surface area (TPSA) is 77.8 Å². The van der Waals surface area contributed by atoms with Crippen molar-refractivity contribution in [3.05, 3.63) is 12.2 Å². The zero-order valence-corrected chi connectivity index (χ0v) is 12.0. The molecule has 1 fully saturated rings. The van der Waals surface area contributed by atoms with Gasteiger partial charge in [-0.25, -0.2) is 0 Å². The Hall–Kier alpha value is -0.710. The Morgan fingerprint density at radius 1 is 1.16 bits per heavy atom. The monoisotopic (exact) mass is 270 g/mol. The molecule has 0 radical (unpaired) electrons. The maximum Gasteiger partial charge on any atom is 0.164 e. The summed E-state index contributed by atoms with van der Waals surface area (Å²) in [5.41, 5.74) is 0.600. The van der Waals surface area contributed by atoms with Crippen molar-refractivity contribution < 1.29 is 20.1 Å². The number of rotatable bonds is 1. The van der Waals surface area contributed by atoms with Crippen LogP contribution in [-0.2, 0) is 4.79 Å². The van der Waals surface area contributed by atoms with E-state index in [9.17, 15) is 20.1 Å². The van der Waals surface area contributed by atoms with Gasteiger partial charge in [0, 0.05) is 11.8 Å². The summed E-state index contributed by atoms with van der Waals surface area (Å²) in [7, 11) is 0. The number of carbonyl (C=O) groups excluding carboxylic acids is 1. The van der Waals surface area contributed by atoms with Gasteiger partial charge in [-0.1, -0.05) is 26.0 Å². The summed E-state index contributed by atoms with van der Waals surface area (Å²) in [6.07, 6.45) is -1.15. The zero-order chi connectivity index (χ0) is 14.7. The minimum Gasteiger partial charge on any atom is -0.393 e. The Morgan fingerprint density at radius 2 is 1.74 bits per heavy atom. The highest BCUT2D eigenvalue weighted by atomic mass is 16.3. The molecule has 0 aromatic carbocycles. The molecule has 4 heteroatoms. The van der Waals surface area contributed by atoms with E-state index in [1.54, 1.807) is 13.8 Å². The Balaban J connectivity index is 3.01. The van der Waals surface area contributed by atoms with Gasteiger partial charge in [0.25, 0.3) is 0 Å². The molecular formula is C15H26O4. The smallest absolute Gasteiger partial charge is 0.164 e. The molecule has 4 nitrogen and oxygen atoms in total. The highest BCUT2D eigenvalue weighted by Crippen LogP contribution is 2.29.